The lowest BCUT2D eigenvalue weighted by Crippen LogP contribution is -2.28. The third-order valence-electron chi connectivity index (χ3n) is 2.62. The molecule has 0 aliphatic heterocycles. The molecular formula is C13H17F2N5O. The summed E-state index contributed by atoms with van der Waals surface area (Å²) in [4.78, 5) is 4.11. The summed E-state index contributed by atoms with van der Waals surface area (Å²) in [6.45, 7) is 5.75. The molecule has 2 N–H and O–H groups in total. The molecule has 0 unspecified atom stereocenters. The summed E-state index contributed by atoms with van der Waals surface area (Å²) < 4.78 is 29.5. The van der Waals surface area contributed by atoms with Gasteiger partial charge in [-0.25, -0.2) is 4.98 Å². The number of nitrogens with one attached hydrogen (secondary N) is 2. The lowest BCUT2D eigenvalue weighted by molar-refractivity contribution is 0.116. The van der Waals surface area contributed by atoms with E-state index in [-0.39, 0.29) is 5.89 Å². The molecule has 2 heterocycles. The van der Waals surface area contributed by atoms with E-state index in [2.05, 4.69) is 39.7 Å². The van der Waals surface area contributed by atoms with E-state index in [4.69, 9.17) is 4.42 Å². The van der Waals surface area contributed by atoms with Gasteiger partial charge in [0.05, 0.1) is 11.9 Å². The molecule has 0 spiro atoms. The van der Waals surface area contributed by atoms with E-state index in [1.807, 2.05) is 0 Å². The largest absolute Gasteiger partial charge is 0.414 e. The molecule has 0 aliphatic carbocycles. The van der Waals surface area contributed by atoms with Crippen LogP contribution in [0.3, 0.4) is 0 Å². The lowest BCUT2D eigenvalue weighted by atomic mass is 10.3. The Bertz CT molecular complexity index is 556. The van der Waals surface area contributed by atoms with Crippen LogP contribution in [0.1, 0.15) is 26.2 Å². The number of alkyl halides is 2. The molecule has 0 fully saturated rings. The molecule has 0 saturated heterocycles. The number of anilines is 1. The Hall–Kier alpha value is -2.09. The Morgan fingerprint density at radius 2 is 2.00 bits per heavy atom. The molecule has 6 nitrogen and oxygen atoms in total. The number of rotatable bonds is 7. The van der Waals surface area contributed by atoms with Crippen molar-refractivity contribution >= 4 is 5.69 Å². The molecule has 0 radical (unpaired) electrons. The summed E-state index contributed by atoms with van der Waals surface area (Å²) in [5.74, 6) is -0.716. The predicted octanol–water partition coefficient (Wildman–Crippen LogP) is 2.48. The third-order valence-corrected chi connectivity index (χ3v) is 2.62. The van der Waals surface area contributed by atoms with Crippen LogP contribution in [0.25, 0.3) is 11.6 Å². The minimum atomic E-state index is -2.78. The first kappa shape index (κ1) is 15.3. The average molecular weight is 297 g/mol. The summed E-state index contributed by atoms with van der Waals surface area (Å²) in [6.07, 6.45) is -1.18. The van der Waals surface area contributed by atoms with Crippen molar-refractivity contribution in [3.63, 3.8) is 0 Å². The Kier molecular flexibility index (Phi) is 5.15. The second kappa shape index (κ2) is 7.07. The topological polar surface area (TPSA) is 75.9 Å². The molecule has 114 valence electrons. The monoisotopic (exact) mass is 297 g/mol. The van der Waals surface area contributed by atoms with Crippen molar-refractivity contribution < 1.29 is 13.2 Å². The third kappa shape index (κ3) is 4.45. The van der Waals surface area contributed by atoms with Gasteiger partial charge in [0, 0.05) is 19.1 Å². The highest BCUT2D eigenvalue weighted by Gasteiger charge is 2.17. The summed E-state index contributed by atoms with van der Waals surface area (Å²) in [5.41, 5.74) is 1.19. The number of halogens is 2. The molecule has 0 amide bonds. The van der Waals surface area contributed by atoms with E-state index in [0.29, 0.717) is 11.7 Å². The molecule has 0 aliphatic rings. The molecule has 8 heteroatoms. The molecule has 0 atom stereocenters. The van der Waals surface area contributed by atoms with Crippen molar-refractivity contribution in [2.75, 3.05) is 18.4 Å². The number of aromatic nitrogens is 3. The second-order valence-corrected chi connectivity index (χ2v) is 4.71. The summed E-state index contributed by atoms with van der Waals surface area (Å²) in [5, 5.41) is 13.3. The van der Waals surface area contributed by atoms with Crippen molar-refractivity contribution in [1.29, 1.82) is 0 Å². The summed E-state index contributed by atoms with van der Waals surface area (Å²) in [6, 6.07) is 3.86. The van der Waals surface area contributed by atoms with Crippen molar-refractivity contribution in [2.24, 2.45) is 0 Å². The van der Waals surface area contributed by atoms with Crippen LogP contribution in [0.5, 0.6) is 0 Å². The van der Waals surface area contributed by atoms with E-state index in [1.54, 1.807) is 18.3 Å². The van der Waals surface area contributed by atoms with Gasteiger partial charge < -0.3 is 15.1 Å². The maximum absolute atomic E-state index is 12.4. The fourth-order valence-corrected chi connectivity index (χ4v) is 1.62. The maximum Gasteiger partial charge on any atom is 0.314 e. The van der Waals surface area contributed by atoms with Crippen molar-refractivity contribution in [1.82, 2.24) is 20.5 Å². The first-order valence-corrected chi connectivity index (χ1v) is 6.61. The fourth-order valence-electron chi connectivity index (χ4n) is 1.62. The zero-order valence-corrected chi connectivity index (χ0v) is 11.8. The van der Waals surface area contributed by atoms with Crippen LogP contribution in [0.4, 0.5) is 14.5 Å². The van der Waals surface area contributed by atoms with Gasteiger partial charge in [-0.15, -0.1) is 10.2 Å². The molecule has 2 aromatic heterocycles. The summed E-state index contributed by atoms with van der Waals surface area (Å²) >= 11 is 0. The van der Waals surface area contributed by atoms with E-state index >= 15 is 0 Å². The van der Waals surface area contributed by atoms with Gasteiger partial charge in [-0.1, -0.05) is 13.8 Å². The van der Waals surface area contributed by atoms with E-state index in [1.165, 1.54) is 0 Å². The highest BCUT2D eigenvalue weighted by molar-refractivity contribution is 5.51. The van der Waals surface area contributed by atoms with E-state index in [9.17, 15) is 8.78 Å². The highest BCUT2D eigenvalue weighted by Crippen LogP contribution is 2.22. The molecule has 0 saturated carbocycles. The van der Waals surface area contributed by atoms with Gasteiger partial charge in [0.2, 0.25) is 0 Å². The van der Waals surface area contributed by atoms with E-state index in [0.717, 1.165) is 18.8 Å². The van der Waals surface area contributed by atoms with Gasteiger partial charge in [0.1, 0.15) is 5.69 Å². The van der Waals surface area contributed by atoms with Crippen molar-refractivity contribution in [3.05, 3.63) is 24.2 Å². The smallest absolute Gasteiger partial charge is 0.314 e. The van der Waals surface area contributed by atoms with Gasteiger partial charge >= 0.3 is 6.43 Å². The predicted molar refractivity (Wildman–Crippen MR) is 74.1 cm³/mol. The number of pyridine rings is 1. The fraction of sp³-hybridized carbons (Fsp3) is 0.462. The number of hydrogen-bond acceptors (Lipinski definition) is 6. The van der Waals surface area contributed by atoms with Crippen LogP contribution in [0.15, 0.2) is 22.7 Å². The molecule has 0 aromatic carbocycles. The first-order valence-electron chi connectivity index (χ1n) is 6.61. The Balaban J connectivity index is 1.92. The van der Waals surface area contributed by atoms with Crippen LogP contribution in [-0.4, -0.2) is 34.3 Å². The molecular weight excluding hydrogens is 280 g/mol. The second-order valence-electron chi connectivity index (χ2n) is 4.71. The Morgan fingerprint density at radius 1 is 1.19 bits per heavy atom. The van der Waals surface area contributed by atoms with Crippen LogP contribution in [0, 0.1) is 0 Å². The van der Waals surface area contributed by atoms with Gasteiger partial charge in [-0.3, -0.25) is 0 Å². The standard InChI is InChI=1S/C13H17F2N5O/c1-8(2)16-5-6-17-9-3-4-10(18-7-9)12-19-20-13(21-12)11(14)15/h3-4,7-8,11,16-17H,5-6H2,1-2H3. The summed E-state index contributed by atoms with van der Waals surface area (Å²) in [7, 11) is 0. The number of nitrogens with zero attached hydrogens (tertiary/aromatic N) is 3. The molecule has 0 bridgehead atoms. The van der Waals surface area contributed by atoms with Gasteiger partial charge in [0.25, 0.3) is 11.8 Å². The van der Waals surface area contributed by atoms with Crippen LogP contribution >= 0.6 is 0 Å². The zero-order valence-electron chi connectivity index (χ0n) is 11.8. The zero-order chi connectivity index (χ0) is 15.2. The molecule has 2 aromatic rings. The van der Waals surface area contributed by atoms with Crippen LogP contribution in [-0.2, 0) is 0 Å². The lowest BCUT2D eigenvalue weighted by Gasteiger charge is -2.09. The van der Waals surface area contributed by atoms with Gasteiger partial charge in [-0.2, -0.15) is 8.78 Å². The van der Waals surface area contributed by atoms with Gasteiger partial charge in [0.15, 0.2) is 0 Å². The van der Waals surface area contributed by atoms with Gasteiger partial charge in [-0.05, 0) is 12.1 Å². The molecule has 21 heavy (non-hydrogen) atoms. The minimum Gasteiger partial charge on any atom is -0.414 e. The highest BCUT2D eigenvalue weighted by atomic mass is 19.3. The van der Waals surface area contributed by atoms with Crippen LogP contribution < -0.4 is 10.6 Å². The van der Waals surface area contributed by atoms with E-state index < -0.39 is 12.3 Å². The minimum absolute atomic E-state index is 0.0154. The van der Waals surface area contributed by atoms with Crippen LogP contribution in [0.2, 0.25) is 0 Å². The Morgan fingerprint density at radius 3 is 2.57 bits per heavy atom. The first-order chi connectivity index (χ1) is 10.1. The average Bonchev–Trinajstić information content (AvgIpc) is 2.94. The Labute approximate surface area is 121 Å². The van der Waals surface area contributed by atoms with Crippen molar-refractivity contribution in [2.45, 2.75) is 26.3 Å². The normalized spacial score (nSPS) is 11.3. The maximum atomic E-state index is 12.4. The quantitative estimate of drug-likeness (QED) is 0.765. The molecule has 2 rings (SSSR count). The number of hydrogen-bond donors (Lipinski definition) is 2. The SMILES string of the molecule is CC(C)NCCNc1ccc(-c2nnc(C(F)F)o2)nc1. The van der Waals surface area contributed by atoms with Crippen molar-refractivity contribution in [3.8, 4) is 11.6 Å².